The average Bonchev–Trinajstić information content (AvgIpc) is 3.08. The molecule has 2 nitrogen and oxygen atoms in total. The molecule has 0 aliphatic heterocycles. The van der Waals surface area contributed by atoms with Crippen LogP contribution in [0.3, 0.4) is 0 Å². The molecule has 0 N–H and O–H groups in total. The molecule has 0 bridgehead atoms. The van der Waals surface area contributed by atoms with Crippen molar-refractivity contribution in [2.75, 3.05) is 0 Å². The minimum Gasteiger partial charge on any atom is -0.307 e. The molecule has 0 aliphatic carbocycles. The van der Waals surface area contributed by atoms with Gasteiger partial charge < -0.3 is 4.40 Å². The molecular formula is C28H27N2+. The van der Waals surface area contributed by atoms with Gasteiger partial charge in [0.05, 0.1) is 27.3 Å². The zero-order valence-corrected chi connectivity index (χ0v) is 18.6. The molecule has 0 aliphatic rings. The molecule has 0 fully saturated rings. The van der Waals surface area contributed by atoms with Gasteiger partial charge in [-0.15, -0.1) is 0 Å². The zero-order chi connectivity index (χ0) is 20.9. The Hall–Kier alpha value is -3.13. The van der Waals surface area contributed by atoms with Gasteiger partial charge in [-0.1, -0.05) is 38.1 Å². The summed E-state index contributed by atoms with van der Waals surface area (Å²) in [5, 5.41) is 6.85. The number of para-hydroxylation sites is 1. The van der Waals surface area contributed by atoms with Gasteiger partial charge in [0.1, 0.15) is 7.05 Å². The first-order chi connectivity index (χ1) is 14.4. The normalized spacial score (nSPS) is 12.6. The molecule has 0 saturated carbocycles. The highest BCUT2D eigenvalue weighted by molar-refractivity contribution is 6.26. The van der Waals surface area contributed by atoms with Crippen molar-refractivity contribution in [3.05, 3.63) is 70.9 Å². The van der Waals surface area contributed by atoms with Crippen molar-refractivity contribution in [3.63, 3.8) is 0 Å². The molecule has 0 amide bonds. The van der Waals surface area contributed by atoms with Crippen LogP contribution in [0.15, 0.2) is 48.7 Å². The van der Waals surface area contributed by atoms with Crippen molar-refractivity contribution in [1.29, 1.82) is 0 Å². The van der Waals surface area contributed by atoms with E-state index in [4.69, 9.17) is 0 Å². The van der Waals surface area contributed by atoms with Crippen molar-refractivity contribution >= 4 is 49.0 Å². The van der Waals surface area contributed by atoms with Gasteiger partial charge in [0, 0.05) is 16.8 Å². The Balaban J connectivity index is 2.12. The lowest BCUT2D eigenvalue weighted by atomic mass is 9.91. The minimum absolute atomic E-state index is 0.489. The molecule has 0 unspecified atom stereocenters. The summed E-state index contributed by atoms with van der Waals surface area (Å²) in [6, 6.07) is 16.0. The molecule has 0 saturated heterocycles. The molecule has 0 spiro atoms. The lowest BCUT2D eigenvalue weighted by Crippen LogP contribution is -2.29. The third-order valence-electron chi connectivity index (χ3n) is 7.37. The highest BCUT2D eigenvalue weighted by atomic mass is 15.0. The predicted octanol–water partition coefficient (Wildman–Crippen LogP) is 6.86. The van der Waals surface area contributed by atoms with E-state index in [2.05, 4.69) is 99.3 Å². The standard InChI is InChI=1S/C28H27N2/c1-15(2)20-13-19-11-12-29(6)27-25-18(5)16(3)17(4)24-21-9-7-8-10-22(21)30(28(24)25)23(14-20)26(19)27/h7-15H,1-6H3/q+1. The van der Waals surface area contributed by atoms with Gasteiger partial charge in [-0.2, -0.15) is 0 Å². The van der Waals surface area contributed by atoms with Crippen LogP contribution >= 0.6 is 0 Å². The van der Waals surface area contributed by atoms with Gasteiger partial charge in [-0.25, -0.2) is 4.57 Å². The van der Waals surface area contributed by atoms with Gasteiger partial charge in [-0.05, 0) is 66.5 Å². The Labute approximate surface area is 176 Å². The van der Waals surface area contributed by atoms with E-state index in [9.17, 15) is 0 Å². The summed E-state index contributed by atoms with van der Waals surface area (Å²) in [6.07, 6.45) is 2.23. The number of aryl methyl sites for hydroxylation is 3. The molecule has 148 valence electrons. The van der Waals surface area contributed by atoms with E-state index in [1.54, 1.807) is 0 Å². The van der Waals surface area contributed by atoms with Crippen LogP contribution in [-0.2, 0) is 7.05 Å². The highest BCUT2D eigenvalue weighted by Crippen LogP contribution is 2.43. The second kappa shape index (κ2) is 5.72. The number of fused-ring (bicyclic) bond motifs is 5. The largest absolute Gasteiger partial charge is 0.307 e. The second-order valence-electron chi connectivity index (χ2n) is 9.26. The monoisotopic (exact) mass is 391 g/mol. The van der Waals surface area contributed by atoms with Gasteiger partial charge in [0.2, 0.25) is 5.52 Å². The van der Waals surface area contributed by atoms with Crippen LogP contribution in [0, 0.1) is 20.8 Å². The first-order valence-electron chi connectivity index (χ1n) is 10.9. The molecule has 2 heteroatoms. The smallest absolute Gasteiger partial charge is 0.224 e. The summed E-state index contributed by atoms with van der Waals surface area (Å²) in [4.78, 5) is 0. The molecule has 6 aromatic rings. The lowest BCUT2D eigenvalue weighted by molar-refractivity contribution is -0.643. The summed E-state index contributed by atoms with van der Waals surface area (Å²) in [5.41, 5.74) is 10.9. The van der Waals surface area contributed by atoms with Gasteiger partial charge in [0.15, 0.2) is 6.20 Å². The van der Waals surface area contributed by atoms with Gasteiger partial charge in [0.25, 0.3) is 0 Å². The Morgan fingerprint density at radius 2 is 1.53 bits per heavy atom. The predicted molar refractivity (Wildman–Crippen MR) is 128 cm³/mol. The van der Waals surface area contributed by atoms with Gasteiger partial charge >= 0.3 is 0 Å². The van der Waals surface area contributed by atoms with E-state index < -0.39 is 0 Å². The highest BCUT2D eigenvalue weighted by Gasteiger charge is 2.26. The molecule has 3 heterocycles. The Bertz CT molecular complexity index is 1650. The Morgan fingerprint density at radius 3 is 2.30 bits per heavy atom. The van der Waals surface area contributed by atoms with Crippen LogP contribution < -0.4 is 4.57 Å². The van der Waals surface area contributed by atoms with Crippen molar-refractivity contribution in [3.8, 4) is 0 Å². The van der Waals surface area contributed by atoms with Crippen LogP contribution in [0.4, 0.5) is 0 Å². The van der Waals surface area contributed by atoms with Gasteiger partial charge in [-0.3, -0.25) is 0 Å². The SMILES string of the molecule is Cc1c(C)c2c3ccccc3n3c4cc(C(C)C)cc5cc[n+](C)c(c(c1C)c23)c54. The quantitative estimate of drug-likeness (QED) is 0.164. The van der Waals surface area contributed by atoms with Crippen molar-refractivity contribution in [2.45, 2.75) is 40.5 Å². The summed E-state index contributed by atoms with van der Waals surface area (Å²) in [5.74, 6) is 0.489. The number of aromatic nitrogens is 2. The molecular weight excluding hydrogens is 364 g/mol. The van der Waals surface area contributed by atoms with Crippen molar-refractivity contribution in [2.24, 2.45) is 7.05 Å². The molecule has 0 atom stereocenters. The first-order valence-corrected chi connectivity index (χ1v) is 10.9. The molecule has 6 rings (SSSR count). The van der Waals surface area contributed by atoms with Crippen LogP contribution in [0.1, 0.15) is 42.0 Å². The number of benzene rings is 3. The summed E-state index contributed by atoms with van der Waals surface area (Å²) in [7, 11) is 2.19. The van der Waals surface area contributed by atoms with E-state index in [1.807, 2.05) is 0 Å². The third-order valence-corrected chi connectivity index (χ3v) is 7.37. The zero-order valence-electron chi connectivity index (χ0n) is 18.6. The third kappa shape index (κ3) is 1.97. The fourth-order valence-electron chi connectivity index (χ4n) is 5.54. The summed E-state index contributed by atoms with van der Waals surface area (Å²) < 4.78 is 4.86. The summed E-state index contributed by atoms with van der Waals surface area (Å²) in [6.45, 7) is 11.4. The van der Waals surface area contributed by atoms with E-state index in [0.717, 1.165) is 0 Å². The Morgan fingerprint density at radius 1 is 0.800 bits per heavy atom. The number of pyridine rings is 2. The van der Waals surface area contributed by atoms with E-state index in [0.29, 0.717) is 5.92 Å². The molecule has 0 radical (unpaired) electrons. The van der Waals surface area contributed by atoms with Crippen LogP contribution in [-0.4, -0.2) is 4.40 Å². The van der Waals surface area contributed by atoms with E-state index in [1.165, 1.54) is 71.3 Å². The minimum atomic E-state index is 0.489. The van der Waals surface area contributed by atoms with Crippen molar-refractivity contribution in [1.82, 2.24) is 4.40 Å². The molecule has 30 heavy (non-hydrogen) atoms. The first kappa shape index (κ1) is 17.7. The fourth-order valence-corrected chi connectivity index (χ4v) is 5.54. The Kier molecular flexibility index (Phi) is 3.38. The van der Waals surface area contributed by atoms with Crippen LogP contribution in [0.2, 0.25) is 0 Å². The lowest BCUT2D eigenvalue weighted by Gasteiger charge is -2.17. The van der Waals surface area contributed by atoms with Crippen molar-refractivity contribution < 1.29 is 4.57 Å². The number of hydrogen-bond acceptors (Lipinski definition) is 0. The average molecular weight is 392 g/mol. The fraction of sp³-hybridized carbons (Fsp3) is 0.250. The number of hydrogen-bond donors (Lipinski definition) is 0. The van der Waals surface area contributed by atoms with Crippen LogP contribution in [0.25, 0.3) is 49.0 Å². The maximum absolute atomic E-state index is 2.54. The maximum atomic E-state index is 2.54. The number of nitrogens with zero attached hydrogens (tertiary/aromatic N) is 2. The summed E-state index contributed by atoms with van der Waals surface area (Å²) >= 11 is 0. The maximum Gasteiger partial charge on any atom is 0.224 e. The van der Waals surface area contributed by atoms with Crippen LogP contribution in [0.5, 0.6) is 0 Å². The molecule has 3 aromatic carbocycles. The number of rotatable bonds is 1. The van der Waals surface area contributed by atoms with E-state index in [-0.39, 0.29) is 0 Å². The topological polar surface area (TPSA) is 8.29 Å². The van der Waals surface area contributed by atoms with E-state index >= 15 is 0 Å². The second-order valence-corrected chi connectivity index (χ2v) is 9.26. The molecule has 3 aromatic heterocycles.